The lowest BCUT2D eigenvalue weighted by atomic mass is 10.1. The smallest absolute Gasteiger partial charge is 0.257 e. The number of aryl methyl sites for hydroxylation is 1. The molecule has 0 unspecified atom stereocenters. The van der Waals surface area contributed by atoms with Crippen LogP contribution in [0.5, 0.6) is 0 Å². The van der Waals surface area contributed by atoms with E-state index < -0.39 is 0 Å². The molecule has 156 valence electrons. The molecule has 1 heterocycles. The van der Waals surface area contributed by atoms with Crippen molar-refractivity contribution in [2.75, 3.05) is 5.32 Å². The molecule has 2 N–H and O–H groups in total. The first-order valence-corrected chi connectivity index (χ1v) is 10.6. The first kappa shape index (κ1) is 21.3. The number of nitrogens with zero attached hydrogens (tertiary/aromatic N) is 1. The van der Waals surface area contributed by atoms with Crippen LogP contribution in [0, 0.1) is 6.92 Å². The Labute approximate surface area is 194 Å². The first-order chi connectivity index (χ1) is 14.9. The largest absolute Gasteiger partial charge is 0.440 e. The van der Waals surface area contributed by atoms with Gasteiger partial charge in [-0.3, -0.25) is 10.1 Å². The fourth-order valence-corrected chi connectivity index (χ4v) is 3.53. The third kappa shape index (κ3) is 5.22. The number of oxazole rings is 1. The molecule has 0 aliphatic carbocycles. The van der Waals surface area contributed by atoms with Gasteiger partial charge in [0.1, 0.15) is 5.52 Å². The molecule has 4 aromatic rings. The maximum Gasteiger partial charge on any atom is 0.257 e. The second-order valence-corrected chi connectivity index (χ2v) is 8.22. The Morgan fingerprint density at radius 3 is 2.58 bits per heavy atom. The van der Waals surface area contributed by atoms with Crippen LogP contribution in [0.25, 0.3) is 11.1 Å². The Balaban J connectivity index is 1.36. The Bertz CT molecular complexity index is 1290. The number of halogens is 2. The van der Waals surface area contributed by atoms with E-state index in [0.29, 0.717) is 33.5 Å². The molecule has 5 nitrogen and oxygen atoms in total. The molecule has 0 aliphatic rings. The molecule has 3 aromatic carbocycles. The molecule has 1 amide bonds. The second kappa shape index (κ2) is 9.06. The van der Waals surface area contributed by atoms with Gasteiger partial charge < -0.3 is 9.73 Å². The molecule has 0 spiro atoms. The number of amides is 1. The molecule has 8 heteroatoms. The molecule has 0 fully saturated rings. The van der Waals surface area contributed by atoms with Crippen LogP contribution in [0.1, 0.15) is 27.4 Å². The summed E-state index contributed by atoms with van der Waals surface area (Å²) in [6.07, 6.45) is 0.544. The number of hydrogen-bond donors (Lipinski definition) is 2. The summed E-state index contributed by atoms with van der Waals surface area (Å²) in [4.78, 5) is 16.8. The molecular formula is C23H17Cl2N3O2S. The minimum Gasteiger partial charge on any atom is -0.440 e. The molecule has 1 aromatic heterocycles. The fraction of sp³-hybridized carbons (Fsp3) is 0.0870. The molecule has 0 aliphatic heterocycles. The molecule has 0 saturated carbocycles. The minimum atomic E-state index is -0.327. The highest BCUT2D eigenvalue weighted by molar-refractivity contribution is 7.80. The van der Waals surface area contributed by atoms with Gasteiger partial charge in [-0.25, -0.2) is 4.98 Å². The van der Waals surface area contributed by atoms with E-state index in [1.807, 2.05) is 31.2 Å². The minimum absolute atomic E-state index is 0.199. The van der Waals surface area contributed by atoms with E-state index in [1.54, 1.807) is 36.4 Å². The Morgan fingerprint density at radius 1 is 1.06 bits per heavy atom. The lowest BCUT2D eigenvalue weighted by Crippen LogP contribution is -2.34. The number of anilines is 1. The number of carbonyl (C=O) groups is 1. The zero-order valence-corrected chi connectivity index (χ0v) is 18.7. The van der Waals surface area contributed by atoms with Gasteiger partial charge in [-0.2, -0.15) is 0 Å². The van der Waals surface area contributed by atoms with Crippen molar-refractivity contribution in [3.63, 3.8) is 0 Å². The summed E-state index contributed by atoms with van der Waals surface area (Å²) in [5.74, 6) is 0.282. The SMILES string of the molecule is Cc1ccc(C(=O)NC(=S)Nc2ccc(Cc3nc4cc(Cl)ccc4o3)cc2)cc1Cl. The summed E-state index contributed by atoms with van der Waals surface area (Å²) in [5, 5.41) is 7.00. The standard InChI is InChI=1S/C23H17Cl2N3O2S/c1-13-2-5-15(11-18(13)25)22(29)28-23(31)26-17-7-3-14(4-8-17)10-21-27-19-12-16(24)6-9-20(19)30-21/h2-9,11-12H,10H2,1H3,(H2,26,28,29,31). The number of benzene rings is 3. The lowest BCUT2D eigenvalue weighted by molar-refractivity contribution is 0.0977. The average molecular weight is 470 g/mol. The van der Waals surface area contributed by atoms with Crippen molar-refractivity contribution in [1.29, 1.82) is 0 Å². The zero-order valence-electron chi connectivity index (χ0n) is 16.4. The van der Waals surface area contributed by atoms with E-state index in [2.05, 4.69) is 15.6 Å². The van der Waals surface area contributed by atoms with Crippen molar-refractivity contribution in [3.05, 3.63) is 93.3 Å². The van der Waals surface area contributed by atoms with Crippen LogP contribution in [0.15, 0.2) is 65.1 Å². The van der Waals surface area contributed by atoms with Crippen molar-refractivity contribution >= 4 is 63.2 Å². The predicted molar refractivity (Wildman–Crippen MR) is 128 cm³/mol. The van der Waals surface area contributed by atoms with Gasteiger partial charge in [0.25, 0.3) is 5.91 Å². The van der Waals surface area contributed by atoms with Crippen LogP contribution in [-0.4, -0.2) is 16.0 Å². The van der Waals surface area contributed by atoms with E-state index in [-0.39, 0.29) is 11.0 Å². The maximum absolute atomic E-state index is 12.3. The van der Waals surface area contributed by atoms with E-state index >= 15 is 0 Å². The van der Waals surface area contributed by atoms with E-state index in [4.69, 9.17) is 39.8 Å². The van der Waals surface area contributed by atoms with E-state index in [0.717, 1.165) is 22.3 Å². The summed E-state index contributed by atoms with van der Waals surface area (Å²) in [5.41, 5.74) is 4.55. The van der Waals surface area contributed by atoms with Crippen LogP contribution in [0.3, 0.4) is 0 Å². The summed E-state index contributed by atoms with van der Waals surface area (Å²) >= 11 is 17.3. The maximum atomic E-state index is 12.3. The number of hydrogen-bond acceptors (Lipinski definition) is 4. The molecule has 4 rings (SSSR count). The van der Waals surface area contributed by atoms with Crippen molar-refractivity contribution in [2.45, 2.75) is 13.3 Å². The molecule has 0 saturated heterocycles. The highest BCUT2D eigenvalue weighted by Crippen LogP contribution is 2.22. The number of thiocarbonyl (C=S) groups is 1. The van der Waals surface area contributed by atoms with Gasteiger partial charge in [0.05, 0.1) is 0 Å². The van der Waals surface area contributed by atoms with Crippen LogP contribution < -0.4 is 10.6 Å². The monoisotopic (exact) mass is 469 g/mol. The summed E-state index contributed by atoms with van der Waals surface area (Å²) in [7, 11) is 0. The number of carbonyl (C=O) groups excluding carboxylic acids is 1. The Morgan fingerprint density at radius 2 is 1.84 bits per heavy atom. The normalized spacial score (nSPS) is 10.8. The number of fused-ring (bicyclic) bond motifs is 1. The summed E-state index contributed by atoms with van der Waals surface area (Å²) < 4.78 is 5.76. The van der Waals surface area contributed by atoms with Crippen molar-refractivity contribution in [2.24, 2.45) is 0 Å². The van der Waals surface area contributed by atoms with Gasteiger partial charge in [-0.05, 0) is 72.7 Å². The predicted octanol–water partition coefficient (Wildman–Crippen LogP) is 6.16. The average Bonchev–Trinajstić information content (AvgIpc) is 3.12. The molecule has 31 heavy (non-hydrogen) atoms. The van der Waals surface area contributed by atoms with Crippen molar-refractivity contribution < 1.29 is 9.21 Å². The van der Waals surface area contributed by atoms with E-state index in [1.165, 1.54) is 0 Å². The first-order valence-electron chi connectivity index (χ1n) is 9.40. The molecule has 0 radical (unpaired) electrons. The number of aromatic nitrogens is 1. The zero-order chi connectivity index (χ0) is 22.0. The van der Waals surface area contributed by atoms with Crippen LogP contribution in [0.2, 0.25) is 10.0 Å². The van der Waals surface area contributed by atoms with Crippen molar-refractivity contribution in [1.82, 2.24) is 10.3 Å². The number of rotatable bonds is 4. The van der Waals surface area contributed by atoms with Gasteiger partial charge in [-0.15, -0.1) is 0 Å². The van der Waals surface area contributed by atoms with Crippen LogP contribution >= 0.6 is 35.4 Å². The third-order valence-corrected chi connectivity index (χ3v) is 5.47. The fourth-order valence-electron chi connectivity index (χ4n) is 2.98. The Hall–Kier alpha value is -2.93. The van der Waals surface area contributed by atoms with E-state index in [9.17, 15) is 4.79 Å². The van der Waals surface area contributed by atoms with Gasteiger partial charge >= 0.3 is 0 Å². The lowest BCUT2D eigenvalue weighted by Gasteiger charge is -2.10. The topological polar surface area (TPSA) is 67.2 Å². The third-order valence-electron chi connectivity index (χ3n) is 4.62. The van der Waals surface area contributed by atoms with Gasteiger partial charge in [0, 0.05) is 27.7 Å². The highest BCUT2D eigenvalue weighted by atomic mass is 35.5. The van der Waals surface area contributed by atoms with Crippen LogP contribution in [0.4, 0.5) is 5.69 Å². The van der Waals surface area contributed by atoms with Crippen molar-refractivity contribution in [3.8, 4) is 0 Å². The Kier molecular flexibility index (Phi) is 6.23. The summed E-state index contributed by atoms with van der Waals surface area (Å²) in [6, 6.07) is 18.1. The van der Waals surface area contributed by atoms with Gasteiger partial charge in [0.2, 0.25) is 0 Å². The molecular weight excluding hydrogens is 453 g/mol. The van der Waals surface area contributed by atoms with Gasteiger partial charge in [-0.1, -0.05) is 41.4 Å². The van der Waals surface area contributed by atoms with Crippen LogP contribution in [-0.2, 0) is 6.42 Å². The van der Waals surface area contributed by atoms with Gasteiger partial charge in [0.15, 0.2) is 16.6 Å². The highest BCUT2D eigenvalue weighted by Gasteiger charge is 2.10. The molecule has 0 bridgehead atoms. The summed E-state index contributed by atoms with van der Waals surface area (Å²) in [6.45, 7) is 1.87. The number of nitrogens with one attached hydrogen (secondary N) is 2. The molecule has 0 atom stereocenters. The quantitative estimate of drug-likeness (QED) is 0.350. The second-order valence-electron chi connectivity index (χ2n) is 6.97.